The fourth-order valence-corrected chi connectivity index (χ4v) is 1.54. The van der Waals surface area contributed by atoms with Crippen molar-refractivity contribution in [2.45, 2.75) is 20.8 Å². The van der Waals surface area contributed by atoms with Gasteiger partial charge in [0, 0.05) is 18.0 Å². The first-order valence-electron chi connectivity index (χ1n) is 5.55. The second-order valence-electron chi connectivity index (χ2n) is 3.14. The summed E-state index contributed by atoms with van der Waals surface area (Å²) >= 11 is 1.78. The molecule has 1 aliphatic heterocycles. The van der Waals surface area contributed by atoms with Gasteiger partial charge in [-0.2, -0.15) is 0 Å². The Morgan fingerprint density at radius 2 is 1.87 bits per heavy atom. The molecule has 1 aliphatic rings. The summed E-state index contributed by atoms with van der Waals surface area (Å²) in [5.74, 6) is 0. The summed E-state index contributed by atoms with van der Waals surface area (Å²) in [6.07, 6.45) is 0. The van der Waals surface area contributed by atoms with Crippen molar-refractivity contribution in [3.63, 3.8) is 0 Å². The maximum Gasteiger partial charge on any atom is 0.0594 e. The molecule has 1 fully saturated rings. The van der Waals surface area contributed by atoms with Crippen LogP contribution in [0.5, 0.6) is 0 Å². The van der Waals surface area contributed by atoms with Gasteiger partial charge in [-0.1, -0.05) is 19.9 Å². The van der Waals surface area contributed by atoms with Crippen LogP contribution in [0.3, 0.4) is 0 Å². The number of likely N-dealkylation sites (N-methyl/N-ethyl adjacent to an activating group) is 1. The summed E-state index contributed by atoms with van der Waals surface area (Å²) in [5.41, 5.74) is 0. The highest BCUT2D eigenvalue weighted by Crippen LogP contribution is 2.03. The van der Waals surface area contributed by atoms with Gasteiger partial charge >= 0.3 is 0 Å². The predicted molar refractivity (Wildman–Crippen MR) is 68.7 cm³/mol. The Bertz CT molecular complexity index is 205. The molecule has 15 heavy (non-hydrogen) atoms. The maximum atomic E-state index is 5.10. The lowest BCUT2D eigenvalue weighted by Gasteiger charge is -2.21. The molecule has 0 saturated carbocycles. The third kappa shape index (κ3) is 8.60. The Labute approximate surface area is 97.9 Å². The molecule has 0 aliphatic carbocycles. The van der Waals surface area contributed by atoms with Crippen LogP contribution in [0.4, 0.5) is 0 Å². The Hall–Kier alpha value is -0.380. The van der Waals surface area contributed by atoms with E-state index >= 15 is 0 Å². The van der Waals surface area contributed by atoms with Crippen LogP contribution in [0.25, 0.3) is 0 Å². The quantitative estimate of drug-likeness (QED) is 0.678. The number of hydrogen-bond donors (Lipinski definition) is 0. The van der Waals surface area contributed by atoms with Gasteiger partial charge in [0.05, 0.1) is 13.2 Å². The molecule has 2 rings (SSSR count). The first-order chi connectivity index (χ1) is 7.29. The van der Waals surface area contributed by atoms with E-state index < -0.39 is 0 Å². The lowest BCUT2D eigenvalue weighted by atomic mass is 10.5. The van der Waals surface area contributed by atoms with Crippen LogP contribution in [0.2, 0.25) is 0 Å². The van der Waals surface area contributed by atoms with Crippen molar-refractivity contribution in [2.75, 3.05) is 33.4 Å². The van der Waals surface area contributed by atoms with E-state index in [0.29, 0.717) is 0 Å². The first-order valence-corrected chi connectivity index (χ1v) is 6.43. The average Bonchev–Trinajstić information content (AvgIpc) is 2.74. The van der Waals surface area contributed by atoms with E-state index in [1.54, 1.807) is 11.3 Å². The van der Waals surface area contributed by atoms with Crippen molar-refractivity contribution < 1.29 is 4.74 Å². The molecule has 88 valence electrons. The normalized spacial score (nSPS) is 15.7. The first kappa shape index (κ1) is 14.6. The van der Waals surface area contributed by atoms with E-state index in [2.05, 4.69) is 36.4 Å². The zero-order chi connectivity index (χ0) is 11.5. The number of hydrogen-bond acceptors (Lipinski definition) is 3. The van der Waals surface area contributed by atoms with E-state index in [1.807, 2.05) is 13.8 Å². The lowest BCUT2D eigenvalue weighted by molar-refractivity contribution is 0.0503. The molecule has 0 bridgehead atoms. The van der Waals surface area contributed by atoms with Gasteiger partial charge in [-0.25, -0.2) is 0 Å². The third-order valence-electron chi connectivity index (χ3n) is 1.90. The molecule has 0 N–H and O–H groups in total. The third-order valence-corrected chi connectivity index (χ3v) is 2.70. The van der Waals surface area contributed by atoms with Crippen LogP contribution >= 0.6 is 11.3 Å². The SMILES string of the molecule is CC.CN1CCOCC1.Cc1cccs1. The highest BCUT2D eigenvalue weighted by molar-refractivity contribution is 7.09. The van der Waals surface area contributed by atoms with E-state index in [1.165, 1.54) is 4.88 Å². The van der Waals surface area contributed by atoms with Gasteiger partial charge in [0.25, 0.3) is 0 Å². The van der Waals surface area contributed by atoms with Crippen molar-refractivity contribution in [1.29, 1.82) is 0 Å². The minimum atomic E-state index is 0.913. The van der Waals surface area contributed by atoms with Crippen LogP contribution in [0, 0.1) is 6.92 Å². The van der Waals surface area contributed by atoms with Crippen molar-refractivity contribution in [3.8, 4) is 0 Å². The molecule has 0 amide bonds. The minimum absolute atomic E-state index is 0.913. The van der Waals surface area contributed by atoms with Crippen molar-refractivity contribution in [3.05, 3.63) is 22.4 Å². The lowest BCUT2D eigenvalue weighted by Crippen LogP contribution is -2.32. The molecule has 0 spiro atoms. The van der Waals surface area contributed by atoms with E-state index in [9.17, 15) is 0 Å². The molecule has 0 radical (unpaired) electrons. The summed E-state index contributed by atoms with van der Waals surface area (Å²) < 4.78 is 5.10. The van der Waals surface area contributed by atoms with Gasteiger partial charge in [0.2, 0.25) is 0 Å². The van der Waals surface area contributed by atoms with Gasteiger partial charge in [0.15, 0.2) is 0 Å². The van der Waals surface area contributed by atoms with Gasteiger partial charge < -0.3 is 9.64 Å². The number of ether oxygens (including phenoxy) is 1. The fourth-order valence-electron chi connectivity index (χ4n) is 1.02. The van der Waals surface area contributed by atoms with Gasteiger partial charge in [0.1, 0.15) is 0 Å². The molecular weight excluding hydrogens is 206 g/mol. The summed E-state index contributed by atoms with van der Waals surface area (Å²) in [7, 11) is 2.11. The van der Waals surface area contributed by atoms with Crippen molar-refractivity contribution in [2.24, 2.45) is 0 Å². The van der Waals surface area contributed by atoms with Crippen molar-refractivity contribution in [1.82, 2.24) is 4.90 Å². The number of nitrogens with zero attached hydrogens (tertiary/aromatic N) is 1. The van der Waals surface area contributed by atoms with E-state index in [0.717, 1.165) is 26.3 Å². The summed E-state index contributed by atoms with van der Waals surface area (Å²) in [5, 5.41) is 2.08. The smallest absolute Gasteiger partial charge is 0.0594 e. The Morgan fingerprint density at radius 3 is 2.07 bits per heavy atom. The van der Waals surface area contributed by atoms with Crippen LogP contribution in [-0.4, -0.2) is 38.3 Å². The van der Waals surface area contributed by atoms with Gasteiger partial charge in [-0.3, -0.25) is 0 Å². The Balaban J connectivity index is 0.000000227. The van der Waals surface area contributed by atoms with Crippen LogP contribution in [-0.2, 0) is 4.74 Å². The van der Waals surface area contributed by atoms with Crippen molar-refractivity contribution >= 4 is 11.3 Å². The Kier molecular flexibility index (Phi) is 9.89. The molecule has 1 aromatic heterocycles. The molecule has 3 heteroatoms. The topological polar surface area (TPSA) is 12.5 Å². The minimum Gasteiger partial charge on any atom is -0.379 e. The highest BCUT2D eigenvalue weighted by Gasteiger charge is 2.02. The zero-order valence-electron chi connectivity index (χ0n) is 10.3. The average molecular weight is 229 g/mol. The highest BCUT2D eigenvalue weighted by atomic mass is 32.1. The Morgan fingerprint density at radius 1 is 1.27 bits per heavy atom. The van der Waals surface area contributed by atoms with E-state index in [-0.39, 0.29) is 0 Å². The summed E-state index contributed by atoms with van der Waals surface area (Å²) in [6.45, 7) is 10.1. The largest absolute Gasteiger partial charge is 0.379 e. The number of aryl methyl sites for hydroxylation is 1. The summed E-state index contributed by atoms with van der Waals surface area (Å²) in [6, 6.07) is 4.16. The molecule has 0 atom stereocenters. The predicted octanol–water partition coefficient (Wildman–Crippen LogP) is 3.03. The van der Waals surface area contributed by atoms with Crippen LogP contribution in [0.15, 0.2) is 17.5 Å². The molecular formula is C12H23NOS. The molecule has 2 nitrogen and oxygen atoms in total. The van der Waals surface area contributed by atoms with E-state index in [4.69, 9.17) is 4.74 Å². The van der Waals surface area contributed by atoms with Crippen LogP contribution in [0.1, 0.15) is 18.7 Å². The number of morpholine rings is 1. The van der Waals surface area contributed by atoms with Crippen LogP contribution < -0.4 is 0 Å². The standard InChI is InChI=1S/C5H11NO.C5H6S.C2H6/c1-6-2-4-7-5-3-6;1-5-3-2-4-6-5;1-2/h2-5H2,1H3;2-4H,1H3;1-2H3. The second kappa shape index (κ2) is 10.1. The second-order valence-corrected chi connectivity index (χ2v) is 4.29. The number of thiophene rings is 1. The molecule has 0 aromatic carbocycles. The summed E-state index contributed by atoms with van der Waals surface area (Å²) in [4.78, 5) is 3.65. The van der Waals surface area contributed by atoms with Gasteiger partial charge in [-0.05, 0) is 25.4 Å². The molecule has 2 heterocycles. The maximum absolute atomic E-state index is 5.10. The monoisotopic (exact) mass is 229 g/mol. The molecule has 1 saturated heterocycles. The molecule has 1 aromatic rings. The fraction of sp³-hybridized carbons (Fsp3) is 0.667. The van der Waals surface area contributed by atoms with Gasteiger partial charge in [-0.15, -0.1) is 11.3 Å². The molecule has 0 unspecified atom stereocenters. The zero-order valence-corrected chi connectivity index (χ0v) is 11.1. The number of rotatable bonds is 0.